The third kappa shape index (κ3) is 3.15. The summed E-state index contributed by atoms with van der Waals surface area (Å²) in [5.74, 6) is 0.926. The van der Waals surface area contributed by atoms with Crippen LogP contribution in [0.1, 0.15) is 18.4 Å². The van der Waals surface area contributed by atoms with E-state index < -0.39 is 0 Å². The summed E-state index contributed by atoms with van der Waals surface area (Å²) in [6.07, 6.45) is 2.55. The average molecular weight is 319 g/mol. The first-order valence-corrected chi connectivity index (χ1v) is 7.37. The summed E-state index contributed by atoms with van der Waals surface area (Å²) < 4.78 is 5.38. The summed E-state index contributed by atoms with van der Waals surface area (Å²) in [5, 5.41) is 1.81. The lowest BCUT2D eigenvalue weighted by Gasteiger charge is -2.23. The normalized spacial score (nSPS) is 20.8. The summed E-state index contributed by atoms with van der Waals surface area (Å²) in [6.45, 7) is 2.08. The molecule has 94 valence electrons. The molecule has 0 aliphatic carbocycles. The third-order valence-corrected chi connectivity index (χ3v) is 4.28. The summed E-state index contributed by atoms with van der Waals surface area (Å²) >= 11 is 9.63. The molecule has 2 rings (SSSR count). The lowest BCUT2D eigenvalue weighted by atomic mass is 10.1. The first kappa shape index (κ1) is 13.2. The minimum atomic E-state index is 0.638. The molecule has 1 atom stereocenters. The second-order valence-electron chi connectivity index (χ2n) is 4.38. The van der Waals surface area contributed by atoms with Gasteiger partial charge < -0.3 is 4.74 Å². The highest BCUT2D eigenvalue weighted by Gasteiger charge is 2.24. The van der Waals surface area contributed by atoms with E-state index in [-0.39, 0.29) is 0 Å². The Kier molecular flexibility index (Phi) is 4.71. The SMILES string of the molecule is COc1ccc(Cl)cc1CN1CCCC1CBr. The van der Waals surface area contributed by atoms with Crippen molar-refractivity contribution in [3.8, 4) is 5.75 Å². The van der Waals surface area contributed by atoms with Crippen molar-refractivity contribution < 1.29 is 4.74 Å². The van der Waals surface area contributed by atoms with E-state index in [2.05, 4.69) is 20.8 Å². The summed E-state index contributed by atoms with van der Waals surface area (Å²) in [4.78, 5) is 2.49. The van der Waals surface area contributed by atoms with Crippen LogP contribution in [0.15, 0.2) is 18.2 Å². The van der Waals surface area contributed by atoms with Crippen molar-refractivity contribution in [1.29, 1.82) is 0 Å². The predicted molar refractivity (Wildman–Crippen MR) is 75.2 cm³/mol. The molecule has 0 saturated carbocycles. The van der Waals surface area contributed by atoms with Crippen molar-refractivity contribution in [1.82, 2.24) is 4.90 Å². The van der Waals surface area contributed by atoms with E-state index in [0.29, 0.717) is 6.04 Å². The molecule has 1 heterocycles. The number of alkyl halides is 1. The van der Waals surface area contributed by atoms with Crippen molar-refractivity contribution in [3.05, 3.63) is 28.8 Å². The number of hydrogen-bond donors (Lipinski definition) is 0. The molecule has 1 fully saturated rings. The van der Waals surface area contributed by atoms with Crippen molar-refractivity contribution in [3.63, 3.8) is 0 Å². The first-order valence-electron chi connectivity index (χ1n) is 5.87. The second kappa shape index (κ2) is 6.07. The number of likely N-dealkylation sites (tertiary alicyclic amines) is 1. The number of rotatable bonds is 4. The van der Waals surface area contributed by atoms with Crippen LogP contribution < -0.4 is 4.74 Å². The number of nitrogens with zero attached hydrogens (tertiary/aromatic N) is 1. The Bertz CT molecular complexity index is 386. The van der Waals surface area contributed by atoms with E-state index in [1.165, 1.54) is 18.4 Å². The maximum absolute atomic E-state index is 6.05. The van der Waals surface area contributed by atoms with Crippen molar-refractivity contribution in [2.24, 2.45) is 0 Å². The van der Waals surface area contributed by atoms with Gasteiger partial charge in [0, 0.05) is 28.5 Å². The van der Waals surface area contributed by atoms with E-state index in [4.69, 9.17) is 16.3 Å². The van der Waals surface area contributed by atoms with Crippen LogP contribution in [-0.4, -0.2) is 29.9 Å². The number of ether oxygens (including phenoxy) is 1. The standard InChI is InChI=1S/C13H17BrClNO/c1-17-13-5-4-11(15)7-10(13)9-16-6-2-3-12(16)8-14/h4-5,7,12H,2-3,6,8-9H2,1H3. The first-order chi connectivity index (χ1) is 8.24. The molecule has 0 amide bonds. The maximum atomic E-state index is 6.05. The lowest BCUT2D eigenvalue weighted by molar-refractivity contribution is 0.260. The topological polar surface area (TPSA) is 12.5 Å². The Morgan fingerprint density at radius 3 is 3.06 bits per heavy atom. The number of hydrogen-bond acceptors (Lipinski definition) is 2. The molecular formula is C13H17BrClNO. The maximum Gasteiger partial charge on any atom is 0.123 e. The molecule has 1 saturated heterocycles. The Morgan fingerprint density at radius 1 is 1.53 bits per heavy atom. The molecule has 1 aliphatic heterocycles. The van der Waals surface area contributed by atoms with Gasteiger partial charge in [0.05, 0.1) is 7.11 Å². The highest BCUT2D eigenvalue weighted by atomic mass is 79.9. The largest absolute Gasteiger partial charge is 0.496 e. The lowest BCUT2D eigenvalue weighted by Crippen LogP contribution is -2.30. The van der Waals surface area contributed by atoms with Crippen LogP contribution in [-0.2, 0) is 6.54 Å². The minimum absolute atomic E-state index is 0.638. The molecule has 1 aromatic carbocycles. The molecule has 0 N–H and O–H groups in total. The fourth-order valence-electron chi connectivity index (χ4n) is 2.37. The smallest absolute Gasteiger partial charge is 0.123 e. The van der Waals surface area contributed by atoms with Gasteiger partial charge in [-0.3, -0.25) is 4.90 Å². The van der Waals surface area contributed by atoms with Crippen LogP contribution in [0.25, 0.3) is 0 Å². The Morgan fingerprint density at radius 2 is 2.35 bits per heavy atom. The molecule has 1 aromatic rings. The summed E-state index contributed by atoms with van der Waals surface area (Å²) in [6, 6.07) is 6.45. The van der Waals surface area contributed by atoms with Crippen LogP contribution in [0.5, 0.6) is 5.75 Å². The summed E-state index contributed by atoms with van der Waals surface area (Å²) in [5.41, 5.74) is 1.17. The van der Waals surface area contributed by atoms with Crippen molar-refractivity contribution in [2.75, 3.05) is 19.0 Å². The molecule has 0 radical (unpaired) electrons. The zero-order valence-corrected chi connectivity index (χ0v) is 12.3. The van der Waals surface area contributed by atoms with Crippen LogP contribution in [0.4, 0.5) is 0 Å². The molecule has 1 aliphatic rings. The van der Waals surface area contributed by atoms with E-state index in [9.17, 15) is 0 Å². The zero-order chi connectivity index (χ0) is 12.3. The van der Waals surface area contributed by atoms with Gasteiger partial charge in [0.15, 0.2) is 0 Å². The van der Waals surface area contributed by atoms with Gasteiger partial charge in [-0.15, -0.1) is 0 Å². The number of halogens is 2. The predicted octanol–water partition coefficient (Wildman–Crippen LogP) is 3.71. The monoisotopic (exact) mass is 317 g/mol. The van der Waals surface area contributed by atoms with Crippen LogP contribution in [0, 0.1) is 0 Å². The molecule has 1 unspecified atom stereocenters. The van der Waals surface area contributed by atoms with Crippen molar-refractivity contribution in [2.45, 2.75) is 25.4 Å². The van der Waals surface area contributed by atoms with Gasteiger partial charge in [-0.05, 0) is 37.6 Å². The Balaban J connectivity index is 2.14. The van der Waals surface area contributed by atoms with Crippen LogP contribution in [0.2, 0.25) is 5.02 Å². The third-order valence-electron chi connectivity index (χ3n) is 3.29. The fraction of sp³-hybridized carbons (Fsp3) is 0.538. The molecule has 4 heteroatoms. The molecular weight excluding hydrogens is 302 g/mol. The molecule has 2 nitrogen and oxygen atoms in total. The van der Waals surface area contributed by atoms with Gasteiger partial charge in [-0.2, -0.15) is 0 Å². The highest BCUT2D eigenvalue weighted by Crippen LogP contribution is 2.27. The molecule has 17 heavy (non-hydrogen) atoms. The van der Waals surface area contributed by atoms with Gasteiger partial charge >= 0.3 is 0 Å². The molecule has 0 aromatic heterocycles. The van der Waals surface area contributed by atoms with E-state index in [0.717, 1.165) is 29.2 Å². The molecule has 0 spiro atoms. The number of methoxy groups -OCH3 is 1. The molecule has 0 bridgehead atoms. The van der Waals surface area contributed by atoms with Crippen molar-refractivity contribution >= 4 is 27.5 Å². The van der Waals surface area contributed by atoms with Gasteiger partial charge in [0.1, 0.15) is 5.75 Å². The van der Waals surface area contributed by atoms with E-state index in [1.54, 1.807) is 7.11 Å². The minimum Gasteiger partial charge on any atom is -0.496 e. The van der Waals surface area contributed by atoms with E-state index >= 15 is 0 Å². The number of benzene rings is 1. The van der Waals surface area contributed by atoms with Gasteiger partial charge in [-0.25, -0.2) is 0 Å². The van der Waals surface area contributed by atoms with Crippen LogP contribution in [0.3, 0.4) is 0 Å². The van der Waals surface area contributed by atoms with Gasteiger partial charge in [0.25, 0.3) is 0 Å². The van der Waals surface area contributed by atoms with E-state index in [1.807, 2.05) is 18.2 Å². The van der Waals surface area contributed by atoms with Gasteiger partial charge in [0.2, 0.25) is 0 Å². The summed E-state index contributed by atoms with van der Waals surface area (Å²) in [7, 11) is 1.71. The zero-order valence-electron chi connectivity index (χ0n) is 9.96. The fourth-order valence-corrected chi connectivity index (χ4v) is 3.30. The van der Waals surface area contributed by atoms with Gasteiger partial charge in [-0.1, -0.05) is 27.5 Å². The quantitative estimate of drug-likeness (QED) is 0.785. The average Bonchev–Trinajstić information content (AvgIpc) is 2.77. The highest BCUT2D eigenvalue weighted by molar-refractivity contribution is 9.09. The second-order valence-corrected chi connectivity index (χ2v) is 5.46. The Hall–Kier alpha value is -0.250. The Labute approximate surface area is 116 Å². The van der Waals surface area contributed by atoms with Crippen LogP contribution >= 0.6 is 27.5 Å².